The molecular weight excluding hydrogens is 400 g/mol. The molecule has 6 heteroatoms. The number of aromatic nitrogens is 2. The lowest BCUT2D eigenvalue weighted by atomic mass is 9.89. The van der Waals surface area contributed by atoms with Crippen molar-refractivity contribution in [2.24, 2.45) is 5.92 Å². The highest BCUT2D eigenvalue weighted by Gasteiger charge is 2.21. The number of hydrogen-bond donors (Lipinski definition) is 2. The molecule has 1 aromatic heterocycles. The van der Waals surface area contributed by atoms with E-state index in [9.17, 15) is 9.59 Å². The maximum atomic E-state index is 12.8. The van der Waals surface area contributed by atoms with Crippen molar-refractivity contribution in [3.8, 4) is 0 Å². The highest BCUT2D eigenvalue weighted by Crippen LogP contribution is 2.23. The summed E-state index contributed by atoms with van der Waals surface area (Å²) in [5.41, 5.74) is 4.92. The third kappa shape index (κ3) is 5.18. The van der Waals surface area contributed by atoms with Crippen molar-refractivity contribution in [3.63, 3.8) is 0 Å². The number of benzene rings is 2. The molecule has 0 aliphatic heterocycles. The Morgan fingerprint density at radius 2 is 1.81 bits per heavy atom. The van der Waals surface area contributed by atoms with Crippen molar-refractivity contribution in [1.29, 1.82) is 0 Å². The highest BCUT2D eigenvalue weighted by atomic mass is 16.2. The Hall–Kier alpha value is -3.15. The lowest BCUT2D eigenvalue weighted by Crippen LogP contribution is -2.33. The SMILES string of the molecule is Cc1ccc(NC(=O)Cn2c(CCNC(=O)C3CCCCC3)nc3ccccc32)cc1C. The lowest BCUT2D eigenvalue weighted by molar-refractivity contribution is -0.125. The number of anilines is 1. The predicted molar refractivity (Wildman–Crippen MR) is 128 cm³/mol. The third-order valence-corrected chi connectivity index (χ3v) is 6.45. The molecule has 3 aromatic rings. The van der Waals surface area contributed by atoms with E-state index in [0.717, 1.165) is 53.8 Å². The number of rotatable bonds is 7. The van der Waals surface area contributed by atoms with E-state index >= 15 is 0 Å². The van der Waals surface area contributed by atoms with Crippen molar-refractivity contribution >= 4 is 28.5 Å². The number of hydrogen-bond acceptors (Lipinski definition) is 3. The average molecular weight is 433 g/mol. The topological polar surface area (TPSA) is 76.0 Å². The zero-order valence-corrected chi connectivity index (χ0v) is 19.0. The van der Waals surface area contributed by atoms with Gasteiger partial charge in [-0.15, -0.1) is 0 Å². The smallest absolute Gasteiger partial charge is 0.244 e. The summed E-state index contributed by atoms with van der Waals surface area (Å²) >= 11 is 0. The van der Waals surface area contributed by atoms with Crippen molar-refractivity contribution in [1.82, 2.24) is 14.9 Å². The molecule has 0 bridgehead atoms. The zero-order valence-electron chi connectivity index (χ0n) is 19.0. The van der Waals surface area contributed by atoms with Gasteiger partial charge in [0.15, 0.2) is 0 Å². The van der Waals surface area contributed by atoms with Gasteiger partial charge in [0.25, 0.3) is 0 Å². The Balaban J connectivity index is 1.44. The first-order valence-corrected chi connectivity index (χ1v) is 11.6. The van der Waals surface area contributed by atoms with Gasteiger partial charge in [-0.25, -0.2) is 4.98 Å². The molecule has 2 N–H and O–H groups in total. The summed E-state index contributed by atoms with van der Waals surface area (Å²) in [5.74, 6) is 1.01. The Bertz CT molecular complexity index is 1110. The minimum Gasteiger partial charge on any atom is -0.355 e. The van der Waals surface area contributed by atoms with Crippen LogP contribution in [0.3, 0.4) is 0 Å². The van der Waals surface area contributed by atoms with Crippen LogP contribution in [0.1, 0.15) is 49.1 Å². The number of para-hydroxylation sites is 2. The molecule has 32 heavy (non-hydrogen) atoms. The second-order valence-corrected chi connectivity index (χ2v) is 8.83. The fraction of sp³-hybridized carbons (Fsp3) is 0.423. The van der Waals surface area contributed by atoms with E-state index in [0.29, 0.717) is 13.0 Å². The standard InChI is InChI=1S/C26H32N4O2/c1-18-12-13-21(16-19(18)2)28-25(31)17-30-23-11-7-6-10-22(23)29-24(30)14-15-27-26(32)20-8-4-3-5-9-20/h6-7,10-13,16,20H,3-5,8-9,14-15,17H2,1-2H3,(H,27,32)(H,28,31). The minimum atomic E-state index is -0.0936. The summed E-state index contributed by atoms with van der Waals surface area (Å²) < 4.78 is 1.96. The van der Waals surface area contributed by atoms with Crippen LogP contribution in [0.4, 0.5) is 5.69 Å². The van der Waals surface area contributed by atoms with Gasteiger partial charge in [-0.2, -0.15) is 0 Å². The molecule has 1 saturated carbocycles. The molecular formula is C26H32N4O2. The summed E-state index contributed by atoms with van der Waals surface area (Å²) in [7, 11) is 0. The van der Waals surface area contributed by atoms with Crippen LogP contribution in [0, 0.1) is 19.8 Å². The van der Waals surface area contributed by atoms with E-state index in [1.807, 2.05) is 54.0 Å². The largest absolute Gasteiger partial charge is 0.355 e. The fourth-order valence-electron chi connectivity index (χ4n) is 4.46. The van der Waals surface area contributed by atoms with E-state index in [-0.39, 0.29) is 24.3 Å². The summed E-state index contributed by atoms with van der Waals surface area (Å²) in [6.45, 7) is 4.79. The average Bonchev–Trinajstić information content (AvgIpc) is 3.14. The monoisotopic (exact) mass is 432 g/mol. The van der Waals surface area contributed by atoms with Crippen molar-refractivity contribution in [3.05, 3.63) is 59.4 Å². The number of nitrogens with one attached hydrogen (secondary N) is 2. The van der Waals surface area contributed by atoms with Gasteiger partial charge in [0, 0.05) is 24.6 Å². The molecule has 1 aliphatic carbocycles. The second kappa shape index (κ2) is 9.98. The van der Waals surface area contributed by atoms with E-state index < -0.39 is 0 Å². The number of amides is 2. The van der Waals surface area contributed by atoms with E-state index in [2.05, 4.69) is 17.6 Å². The number of carbonyl (C=O) groups is 2. The number of fused-ring (bicyclic) bond motifs is 1. The number of nitrogens with zero attached hydrogens (tertiary/aromatic N) is 2. The first-order chi connectivity index (χ1) is 15.5. The lowest BCUT2D eigenvalue weighted by Gasteiger charge is -2.20. The van der Waals surface area contributed by atoms with Gasteiger partial charge in [0.05, 0.1) is 11.0 Å². The molecule has 1 fully saturated rings. The highest BCUT2D eigenvalue weighted by molar-refractivity contribution is 5.92. The first-order valence-electron chi connectivity index (χ1n) is 11.6. The predicted octanol–water partition coefficient (Wildman–Crippen LogP) is 4.53. The van der Waals surface area contributed by atoms with Crippen LogP contribution < -0.4 is 10.6 Å². The van der Waals surface area contributed by atoms with Crippen LogP contribution in [0.25, 0.3) is 11.0 Å². The van der Waals surface area contributed by atoms with E-state index in [4.69, 9.17) is 4.98 Å². The molecule has 168 valence electrons. The van der Waals surface area contributed by atoms with E-state index in [1.54, 1.807) is 0 Å². The first kappa shape index (κ1) is 22.1. The van der Waals surface area contributed by atoms with Gasteiger partial charge in [0.2, 0.25) is 11.8 Å². The van der Waals surface area contributed by atoms with Crippen LogP contribution in [0.5, 0.6) is 0 Å². The molecule has 6 nitrogen and oxygen atoms in total. The summed E-state index contributed by atoms with van der Waals surface area (Å²) in [6.07, 6.45) is 6.08. The molecule has 2 amide bonds. The number of imidazole rings is 1. The molecule has 2 aromatic carbocycles. The maximum Gasteiger partial charge on any atom is 0.244 e. The van der Waals surface area contributed by atoms with Crippen molar-refractivity contribution < 1.29 is 9.59 Å². The molecule has 1 heterocycles. The molecule has 4 rings (SSSR count). The fourth-order valence-corrected chi connectivity index (χ4v) is 4.46. The van der Waals surface area contributed by atoms with E-state index in [1.165, 1.54) is 12.0 Å². The normalized spacial score (nSPS) is 14.4. The summed E-state index contributed by atoms with van der Waals surface area (Å²) in [5, 5.41) is 6.08. The van der Waals surface area contributed by atoms with Gasteiger partial charge in [-0.1, -0.05) is 37.5 Å². The van der Waals surface area contributed by atoms with Gasteiger partial charge < -0.3 is 15.2 Å². The molecule has 0 saturated heterocycles. The molecule has 0 atom stereocenters. The molecule has 0 spiro atoms. The van der Waals surface area contributed by atoms with Crippen LogP contribution in [-0.2, 0) is 22.6 Å². The Labute approximate surface area is 189 Å². The molecule has 0 unspecified atom stereocenters. The quantitative estimate of drug-likeness (QED) is 0.576. The van der Waals surface area contributed by atoms with Gasteiger partial charge >= 0.3 is 0 Å². The van der Waals surface area contributed by atoms with Gasteiger partial charge in [-0.05, 0) is 62.1 Å². The van der Waals surface area contributed by atoms with Crippen molar-refractivity contribution in [2.45, 2.75) is 58.9 Å². The molecule has 1 aliphatic rings. The Morgan fingerprint density at radius 1 is 1.03 bits per heavy atom. The van der Waals surface area contributed by atoms with Gasteiger partial charge in [0.1, 0.15) is 12.4 Å². The third-order valence-electron chi connectivity index (χ3n) is 6.45. The summed E-state index contributed by atoms with van der Waals surface area (Å²) in [4.78, 5) is 30.0. The zero-order chi connectivity index (χ0) is 22.5. The minimum absolute atomic E-state index is 0.0936. The van der Waals surface area contributed by atoms with Crippen LogP contribution >= 0.6 is 0 Å². The van der Waals surface area contributed by atoms with Crippen molar-refractivity contribution in [2.75, 3.05) is 11.9 Å². The maximum absolute atomic E-state index is 12.8. The van der Waals surface area contributed by atoms with Gasteiger partial charge in [-0.3, -0.25) is 9.59 Å². The van der Waals surface area contributed by atoms with Crippen LogP contribution in [0.2, 0.25) is 0 Å². The summed E-state index contributed by atoms with van der Waals surface area (Å²) in [6, 6.07) is 13.8. The number of aryl methyl sites for hydroxylation is 2. The Kier molecular flexibility index (Phi) is 6.88. The molecule has 0 radical (unpaired) electrons. The number of carbonyl (C=O) groups excluding carboxylic acids is 2. The Morgan fingerprint density at radius 3 is 2.59 bits per heavy atom. The van der Waals surface area contributed by atoms with Crippen LogP contribution in [0.15, 0.2) is 42.5 Å². The van der Waals surface area contributed by atoms with Crippen LogP contribution in [-0.4, -0.2) is 27.9 Å². The second-order valence-electron chi connectivity index (χ2n) is 8.83.